The minimum absolute atomic E-state index is 0.00869. The Hall–Kier alpha value is -2.31. The zero-order chi connectivity index (χ0) is 19.2. The largest absolute Gasteiger partial charge is 0.487 e. The van der Waals surface area contributed by atoms with Crippen LogP contribution in [-0.4, -0.2) is 29.1 Å². The molecule has 6 heteroatoms. The highest BCUT2D eigenvalue weighted by molar-refractivity contribution is 7.98. The fourth-order valence-electron chi connectivity index (χ4n) is 2.62. The van der Waals surface area contributed by atoms with E-state index in [0.29, 0.717) is 18.7 Å². The number of hydrogen-bond acceptors (Lipinski definition) is 5. The van der Waals surface area contributed by atoms with Crippen molar-refractivity contribution in [3.63, 3.8) is 0 Å². The Morgan fingerprint density at radius 2 is 1.85 bits per heavy atom. The number of carbonyl (C=O) groups excluding carboxylic acids is 1. The van der Waals surface area contributed by atoms with Crippen molar-refractivity contribution >= 4 is 29.0 Å². The number of ether oxygens (including phenoxy) is 1. The number of aryl methyl sites for hydroxylation is 1. The summed E-state index contributed by atoms with van der Waals surface area (Å²) in [5.41, 5.74) is 2.68. The highest BCUT2D eigenvalue weighted by Gasteiger charge is 2.12. The molecule has 0 spiro atoms. The third-order valence-electron chi connectivity index (χ3n) is 4.08. The van der Waals surface area contributed by atoms with Crippen LogP contribution in [-0.2, 0) is 13.2 Å². The molecule has 1 heterocycles. The van der Waals surface area contributed by atoms with E-state index in [0.717, 1.165) is 22.0 Å². The first-order chi connectivity index (χ1) is 13.0. The van der Waals surface area contributed by atoms with Crippen molar-refractivity contribution < 1.29 is 9.53 Å². The quantitative estimate of drug-likeness (QED) is 0.524. The van der Waals surface area contributed by atoms with Crippen molar-refractivity contribution in [2.45, 2.75) is 25.0 Å². The minimum Gasteiger partial charge on any atom is -0.487 e. The van der Waals surface area contributed by atoms with Gasteiger partial charge < -0.3 is 9.64 Å². The number of nitrogens with zero attached hydrogens (tertiary/aromatic N) is 2. The second kappa shape index (κ2) is 9.06. The Labute approximate surface area is 168 Å². The first kappa shape index (κ1) is 19.5. The van der Waals surface area contributed by atoms with Crippen molar-refractivity contribution in [2.24, 2.45) is 0 Å². The molecule has 0 aliphatic carbocycles. The van der Waals surface area contributed by atoms with Crippen molar-refractivity contribution in [3.8, 4) is 5.75 Å². The fourth-order valence-corrected chi connectivity index (χ4v) is 3.63. The zero-order valence-corrected chi connectivity index (χ0v) is 17.3. The summed E-state index contributed by atoms with van der Waals surface area (Å²) >= 11 is 3.32. The van der Waals surface area contributed by atoms with Gasteiger partial charge in [0, 0.05) is 29.4 Å². The predicted octanol–water partition coefficient (Wildman–Crippen LogP) is 5.02. The number of thiazole rings is 1. The summed E-state index contributed by atoms with van der Waals surface area (Å²) in [7, 11) is 1.82. The van der Waals surface area contributed by atoms with Crippen LogP contribution in [0.3, 0.4) is 0 Å². The average molecular weight is 399 g/mol. The Bertz CT molecular complexity index is 889. The van der Waals surface area contributed by atoms with Gasteiger partial charge in [0.25, 0.3) is 5.91 Å². The third kappa shape index (κ3) is 5.34. The molecule has 1 amide bonds. The van der Waals surface area contributed by atoms with Crippen LogP contribution >= 0.6 is 23.1 Å². The molecule has 0 unspecified atom stereocenters. The van der Waals surface area contributed by atoms with E-state index in [1.165, 1.54) is 4.90 Å². The highest BCUT2D eigenvalue weighted by Crippen LogP contribution is 2.18. The number of thioether (sulfide) groups is 1. The lowest BCUT2D eigenvalue weighted by atomic mass is 10.1. The molecule has 3 aromatic rings. The standard InChI is InChI=1S/C21H22N2O2S2/c1-15-22-18(14-27-15)13-25-19-8-6-17(7-9-19)21(24)23(2)12-16-4-10-20(26-3)11-5-16/h4-11,14H,12-13H2,1-3H3. The van der Waals surface area contributed by atoms with Crippen LogP contribution in [0, 0.1) is 6.92 Å². The van der Waals surface area contributed by atoms with Gasteiger partial charge in [-0.1, -0.05) is 12.1 Å². The molecule has 0 bridgehead atoms. The summed E-state index contributed by atoms with van der Waals surface area (Å²) in [6.45, 7) is 2.99. The first-order valence-electron chi connectivity index (χ1n) is 8.57. The Morgan fingerprint density at radius 3 is 2.44 bits per heavy atom. The van der Waals surface area contributed by atoms with Crippen LogP contribution in [0.15, 0.2) is 58.8 Å². The minimum atomic E-state index is -0.00869. The molecule has 0 aliphatic heterocycles. The van der Waals surface area contributed by atoms with Gasteiger partial charge in [0.05, 0.1) is 10.7 Å². The summed E-state index contributed by atoms with van der Waals surface area (Å²) in [6.07, 6.45) is 2.05. The molecule has 0 N–H and O–H groups in total. The van der Waals surface area contributed by atoms with Crippen LogP contribution in [0.4, 0.5) is 0 Å². The molecule has 0 atom stereocenters. The van der Waals surface area contributed by atoms with E-state index >= 15 is 0 Å². The van der Waals surface area contributed by atoms with Crippen molar-refractivity contribution in [2.75, 3.05) is 13.3 Å². The van der Waals surface area contributed by atoms with Crippen LogP contribution < -0.4 is 4.74 Å². The van der Waals surface area contributed by atoms with Gasteiger partial charge in [0.15, 0.2) is 0 Å². The Kier molecular flexibility index (Phi) is 6.53. The van der Waals surface area contributed by atoms with E-state index in [1.54, 1.807) is 40.1 Å². The molecule has 2 aromatic carbocycles. The van der Waals surface area contributed by atoms with Gasteiger partial charge in [0.1, 0.15) is 12.4 Å². The van der Waals surface area contributed by atoms with Crippen LogP contribution in [0.25, 0.3) is 0 Å². The molecule has 0 saturated heterocycles. The Balaban J connectivity index is 1.57. The van der Waals surface area contributed by atoms with Crippen molar-refractivity contribution in [3.05, 3.63) is 75.7 Å². The SMILES string of the molecule is CSc1ccc(CN(C)C(=O)c2ccc(OCc3csc(C)n3)cc2)cc1. The molecule has 1 aromatic heterocycles. The van der Waals surface area contributed by atoms with E-state index in [9.17, 15) is 4.79 Å². The summed E-state index contributed by atoms with van der Waals surface area (Å²) in [5.74, 6) is 0.720. The maximum absolute atomic E-state index is 12.6. The van der Waals surface area contributed by atoms with Gasteiger partial charge in [-0.3, -0.25) is 4.79 Å². The van der Waals surface area contributed by atoms with Crippen molar-refractivity contribution in [1.29, 1.82) is 0 Å². The average Bonchev–Trinajstić information content (AvgIpc) is 3.12. The second-order valence-electron chi connectivity index (χ2n) is 6.18. The van der Waals surface area contributed by atoms with Crippen LogP contribution in [0.1, 0.15) is 26.6 Å². The van der Waals surface area contributed by atoms with E-state index in [1.807, 2.05) is 31.5 Å². The second-order valence-corrected chi connectivity index (χ2v) is 8.12. The third-order valence-corrected chi connectivity index (χ3v) is 5.65. The number of benzene rings is 2. The molecule has 27 heavy (non-hydrogen) atoms. The van der Waals surface area contributed by atoms with Gasteiger partial charge in [-0.15, -0.1) is 23.1 Å². The lowest BCUT2D eigenvalue weighted by Crippen LogP contribution is -2.26. The summed E-state index contributed by atoms with van der Waals surface area (Å²) in [6, 6.07) is 15.5. The molecular formula is C21H22N2O2S2. The molecule has 0 aliphatic rings. The first-order valence-corrected chi connectivity index (χ1v) is 10.7. The van der Waals surface area contributed by atoms with Crippen molar-refractivity contribution in [1.82, 2.24) is 9.88 Å². The van der Waals surface area contributed by atoms with E-state index in [4.69, 9.17) is 4.74 Å². The number of amides is 1. The van der Waals surface area contributed by atoms with E-state index in [2.05, 4.69) is 35.5 Å². The molecule has 4 nitrogen and oxygen atoms in total. The molecule has 3 rings (SSSR count). The monoisotopic (exact) mass is 398 g/mol. The zero-order valence-electron chi connectivity index (χ0n) is 15.6. The summed E-state index contributed by atoms with van der Waals surface area (Å²) < 4.78 is 5.74. The molecule has 0 saturated carbocycles. The Morgan fingerprint density at radius 1 is 1.15 bits per heavy atom. The summed E-state index contributed by atoms with van der Waals surface area (Å²) in [4.78, 5) is 20.0. The number of rotatable bonds is 7. The molecule has 140 valence electrons. The lowest BCUT2D eigenvalue weighted by molar-refractivity contribution is 0.0785. The topological polar surface area (TPSA) is 42.4 Å². The van der Waals surface area contributed by atoms with Gasteiger partial charge in [-0.2, -0.15) is 0 Å². The molecule has 0 radical (unpaired) electrons. The van der Waals surface area contributed by atoms with E-state index in [-0.39, 0.29) is 5.91 Å². The van der Waals surface area contributed by atoms with Crippen LogP contribution in [0.5, 0.6) is 5.75 Å². The normalized spacial score (nSPS) is 10.6. The smallest absolute Gasteiger partial charge is 0.253 e. The lowest BCUT2D eigenvalue weighted by Gasteiger charge is -2.18. The van der Waals surface area contributed by atoms with Gasteiger partial charge >= 0.3 is 0 Å². The fraction of sp³-hybridized carbons (Fsp3) is 0.238. The highest BCUT2D eigenvalue weighted by atomic mass is 32.2. The summed E-state index contributed by atoms with van der Waals surface area (Å²) in [5, 5.41) is 3.02. The number of hydrogen-bond donors (Lipinski definition) is 0. The predicted molar refractivity (Wildman–Crippen MR) is 112 cm³/mol. The number of carbonyl (C=O) groups is 1. The van der Waals surface area contributed by atoms with Gasteiger partial charge in [0.2, 0.25) is 0 Å². The van der Waals surface area contributed by atoms with Gasteiger partial charge in [-0.05, 0) is 55.1 Å². The maximum Gasteiger partial charge on any atom is 0.253 e. The van der Waals surface area contributed by atoms with E-state index < -0.39 is 0 Å². The number of aromatic nitrogens is 1. The molecular weight excluding hydrogens is 376 g/mol. The van der Waals surface area contributed by atoms with Crippen LogP contribution in [0.2, 0.25) is 0 Å². The molecule has 0 fully saturated rings. The maximum atomic E-state index is 12.6. The van der Waals surface area contributed by atoms with Gasteiger partial charge in [-0.25, -0.2) is 4.98 Å².